The van der Waals surface area contributed by atoms with Gasteiger partial charge in [-0.05, 0) is 10.8 Å². The van der Waals surface area contributed by atoms with Crippen molar-refractivity contribution in [3.8, 4) is 0 Å². The zero-order valence-corrected chi connectivity index (χ0v) is 12.0. The molecule has 0 aliphatic carbocycles. The summed E-state index contributed by atoms with van der Waals surface area (Å²) in [7, 11) is -1.71. The van der Waals surface area contributed by atoms with E-state index in [9.17, 15) is 0 Å². The van der Waals surface area contributed by atoms with Gasteiger partial charge in [-0.15, -0.1) is 5.73 Å². The van der Waals surface area contributed by atoms with Crippen LogP contribution in [0.25, 0.3) is 5.20 Å². The van der Waals surface area contributed by atoms with Crippen LogP contribution in [0.1, 0.15) is 5.56 Å². The molecule has 0 unspecified atom stereocenters. The van der Waals surface area contributed by atoms with Crippen LogP contribution in [-0.4, -0.2) is 8.07 Å². The van der Waals surface area contributed by atoms with Crippen LogP contribution in [0.3, 0.4) is 0 Å². The Kier molecular flexibility index (Phi) is 3.66. The van der Waals surface area contributed by atoms with Gasteiger partial charge in [-0.25, -0.2) is 0 Å². The molecule has 0 spiro atoms. The van der Waals surface area contributed by atoms with Gasteiger partial charge in [0.15, 0.2) is 0 Å². The van der Waals surface area contributed by atoms with E-state index in [1.54, 1.807) is 0 Å². The van der Waals surface area contributed by atoms with Crippen LogP contribution >= 0.6 is 0 Å². The molecule has 18 heavy (non-hydrogen) atoms. The summed E-state index contributed by atoms with van der Waals surface area (Å²) in [4.78, 5) is 0. The standard InChI is InChI=1S/C17H18Si/c1-4-17(15-11-7-5-8-12-15)18(2,3)16-13-9-6-10-14-16/h5-14H,1H2,2-3H3. The molecule has 0 aliphatic heterocycles. The molecule has 0 radical (unpaired) electrons. The Labute approximate surface area is 110 Å². The molecular weight excluding hydrogens is 232 g/mol. The van der Waals surface area contributed by atoms with Crippen LogP contribution < -0.4 is 5.19 Å². The lowest BCUT2D eigenvalue weighted by Crippen LogP contribution is -2.42. The topological polar surface area (TPSA) is 0 Å². The van der Waals surface area contributed by atoms with Gasteiger partial charge in [0.05, 0.1) is 0 Å². The van der Waals surface area contributed by atoms with E-state index in [-0.39, 0.29) is 0 Å². The Morgan fingerprint density at radius 2 is 1.39 bits per heavy atom. The number of benzene rings is 2. The second-order valence-corrected chi connectivity index (χ2v) is 9.24. The van der Waals surface area contributed by atoms with E-state index >= 15 is 0 Å². The van der Waals surface area contributed by atoms with Crippen LogP contribution in [0.4, 0.5) is 0 Å². The van der Waals surface area contributed by atoms with Crippen molar-refractivity contribution < 1.29 is 0 Å². The molecule has 0 nitrogen and oxygen atoms in total. The summed E-state index contributed by atoms with van der Waals surface area (Å²) in [5, 5.41) is 2.69. The fourth-order valence-electron chi connectivity index (χ4n) is 2.29. The maximum atomic E-state index is 3.90. The summed E-state index contributed by atoms with van der Waals surface area (Å²) >= 11 is 0. The van der Waals surface area contributed by atoms with Gasteiger partial charge in [0.25, 0.3) is 0 Å². The van der Waals surface area contributed by atoms with E-state index in [2.05, 4.69) is 80.0 Å². The van der Waals surface area contributed by atoms with Crippen molar-refractivity contribution in [2.45, 2.75) is 13.1 Å². The van der Waals surface area contributed by atoms with Gasteiger partial charge in [0.1, 0.15) is 8.07 Å². The van der Waals surface area contributed by atoms with Crippen molar-refractivity contribution in [1.82, 2.24) is 0 Å². The van der Waals surface area contributed by atoms with E-state index in [1.165, 1.54) is 15.9 Å². The normalized spacial score (nSPS) is 10.8. The molecule has 90 valence electrons. The molecular formula is C17H18Si. The lowest BCUT2D eigenvalue weighted by atomic mass is 10.2. The summed E-state index contributed by atoms with van der Waals surface area (Å²) in [6, 6.07) is 21.2. The quantitative estimate of drug-likeness (QED) is 0.570. The molecule has 0 fully saturated rings. The highest BCUT2D eigenvalue weighted by Gasteiger charge is 2.28. The lowest BCUT2D eigenvalue weighted by Gasteiger charge is -2.25. The maximum Gasteiger partial charge on any atom is 0.122 e. The van der Waals surface area contributed by atoms with Crippen molar-refractivity contribution in [3.63, 3.8) is 0 Å². The summed E-state index contributed by atoms with van der Waals surface area (Å²) in [5.41, 5.74) is 4.43. The lowest BCUT2D eigenvalue weighted by molar-refractivity contribution is 1.62. The van der Waals surface area contributed by atoms with Crippen molar-refractivity contribution in [2.75, 3.05) is 0 Å². The van der Waals surface area contributed by atoms with E-state index in [1.807, 2.05) is 6.07 Å². The molecule has 1 heteroatoms. The van der Waals surface area contributed by atoms with Gasteiger partial charge >= 0.3 is 0 Å². The maximum absolute atomic E-state index is 3.90. The SMILES string of the molecule is C=C=C(c1ccccc1)[Si](C)(C)c1ccccc1. The minimum Gasteiger partial charge on any atom is -0.129 e. The van der Waals surface area contributed by atoms with Crippen molar-refractivity contribution in [2.24, 2.45) is 0 Å². The molecule has 0 saturated carbocycles. The number of hydrogen-bond acceptors (Lipinski definition) is 0. The zero-order chi connectivity index (χ0) is 13.0. The fourth-order valence-corrected chi connectivity index (χ4v) is 4.93. The van der Waals surface area contributed by atoms with Gasteiger partial charge in [-0.1, -0.05) is 85.5 Å². The second-order valence-electron chi connectivity index (χ2n) is 4.91. The Morgan fingerprint density at radius 3 is 1.89 bits per heavy atom. The molecule has 0 N–H and O–H groups in total. The van der Waals surface area contributed by atoms with Crippen molar-refractivity contribution in [3.05, 3.63) is 78.5 Å². The average Bonchev–Trinajstić information content (AvgIpc) is 2.41. The van der Waals surface area contributed by atoms with Crippen LogP contribution in [-0.2, 0) is 0 Å². The predicted octanol–water partition coefficient (Wildman–Crippen LogP) is 4.01. The van der Waals surface area contributed by atoms with Gasteiger partial charge in [-0.2, -0.15) is 0 Å². The zero-order valence-electron chi connectivity index (χ0n) is 11.0. The van der Waals surface area contributed by atoms with Gasteiger partial charge in [0, 0.05) is 0 Å². The Morgan fingerprint density at radius 1 is 0.889 bits per heavy atom. The molecule has 2 rings (SSSR count). The van der Waals surface area contributed by atoms with Gasteiger partial charge in [-0.3, -0.25) is 0 Å². The van der Waals surface area contributed by atoms with E-state index in [0.29, 0.717) is 0 Å². The monoisotopic (exact) mass is 250 g/mol. The molecule has 2 aromatic rings. The Balaban J connectivity index is 2.50. The van der Waals surface area contributed by atoms with Crippen LogP contribution in [0.2, 0.25) is 13.1 Å². The molecule has 0 atom stereocenters. The minimum absolute atomic E-state index is 1.24. The molecule has 0 heterocycles. The third-order valence-corrected chi connectivity index (χ3v) is 6.85. The second kappa shape index (κ2) is 5.22. The largest absolute Gasteiger partial charge is 0.129 e. The highest BCUT2D eigenvalue weighted by Crippen LogP contribution is 2.24. The van der Waals surface area contributed by atoms with Gasteiger partial charge < -0.3 is 0 Å². The molecule has 0 bridgehead atoms. The highest BCUT2D eigenvalue weighted by atomic mass is 28.3. The first-order valence-corrected chi connectivity index (χ1v) is 9.17. The Hall–Kier alpha value is -1.82. The fraction of sp³-hybridized carbons (Fsp3) is 0.118. The third-order valence-electron chi connectivity index (χ3n) is 3.36. The molecule has 2 aromatic carbocycles. The highest BCUT2D eigenvalue weighted by molar-refractivity contribution is 7.04. The van der Waals surface area contributed by atoms with Gasteiger partial charge in [0.2, 0.25) is 0 Å². The number of rotatable bonds is 3. The number of hydrogen-bond donors (Lipinski definition) is 0. The van der Waals surface area contributed by atoms with Crippen LogP contribution in [0.15, 0.2) is 73.0 Å². The molecule has 0 amide bonds. The minimum atomic E-state index is -1.71. The van der Waals surface area contributed by atoms with Crippen molar-refractivity contribution >= 4 is 18.5 Å². The van der Waals surface area contributed by atoms with E-state index in [4.69, 9.17) is 0 Å². The summed E-state index contributed by atoms with van der Waals surface area (Å²) < 4.78 is 0. The smallest absolute Gasteiger partial charge is 0.122 e. The van der Waals surface area contributed by atoms with Crippen LogP contribution in [0.5, 0.6) is 0 Å². The first-order chi connectivity index (χ1) is 8.66. The summed E-state index contributed by atoms with van der Waals surface area (Å²) in [5.74, 6) is 0. The molecule has 0 aliphatic rings. The summed E-state index contributed by atoms with van der Waals surface area (Å²) in [6.07, 6.45) is 0. The van der Waals surface area contributed by atoms with E-state index in [0.717, 1.165) is 0 Å². The molecule has 0 aromatic heterocycles. The van der Waals surface area contributed by atoms with Crippen LogP contribution in [0, 0.1) is 0 Å². The van der Waals surface area contributed by atoms with Crippen molar-refractivity contribution in [1.29, 1.82) is 0 Å². The average molecular weight is 250 g/mol. The predicted molar refractivity (Wildman–Crippen MR) is 82.5 cm³/mol. The summed E-state index contributed by atoms with van der Waals surface area (Å²) in [6.45, 7) is 8.60. The third kappa shape index (κ3) is 2.38. The molecule has 0 saturated heterocycles. The first kappa shape index (κ1) is 12.6. The first-order valence-electron chi connectivity index (χ1n) is 6.17. The van der Waals surface area contributed by atoms with E-state index < -0.39 is 8.07 Å². The Bertz CT molecular complexity index is 561.